The third-order valence-corrected chi connectivity index (χ3v) is 3.56. The average molecular weight is 265 g/mol. The molecule has 17 heavy (non-hydrogen) atoms. The van der Waals surface area contributed by atoms with Crippen LogP contribution in [0, 0.1) is 0 Å². The van der Waals surface area contributed by atoms with Crippen LogP contribution < -0.4 is 5.73 Å². The second-order valence-corrected chi connectivity index (χ2v) is 5.24. The molecule has 0 aliphatic heterocycles. The molecule has 1 aromatic carbocycles. The molecule has 1 aromatic heterocycles. The summed E-state index contributed by atoms with van der Waals surface area (Å²) in [6.07, 6.45) is 1.78. The van der Waals surface area contributed by atoms with Crippen molar-refractivity contribution in [3.05, 3.63) is 53.2 Å². The topological polar surface area (TPSA) is 38.9 Å². The number of nitrogens with zero attached hydrogens (tertiary/aromatic N) is 1. The van der Waals surface area contributed by atoms with E-state index in [0.717, 1.165) is 20.5 Å². The first-order chi connectivity index (χ1) is 8.16. The van der Waals surface area contributed by atoms with Gasteiger partial charge in [-0.2, -0.15) is 0 Å². The lowest BCUT2D eigenvalue weighted by atomic mass is 10.2. The summed E-state index contributed by atoms with van der Waals surface area (Å²) < 4.78 is 0. The maximum atomic E-state index is 5.95. The largest absolute Gasteiger partial charge is 0.324 e. The Morgan fingerprint density at radius 1 is 1.29 bits per heavy atom. The molecule has 0 bridgehead atoms. The van der Waals surface area contributed by atoms with Gasteiger partial charge in [-0.05, 0) is 31.2 Å². The SMILES string of the molecule is CC(N)c1cccnc1Sc1cccc(Cl)c1. The van der Waals surface area contributed by atoms with E-state index in [1.54, 1.807) is 18.0 Å². The summed E-state index contributed by atoms with van der Waals surface area (Å²) in [5.41, 5.74) is 6.97. The Kier molecular flexibility index (Phi) is 4.05. The summed E-state index contributed by atoms with van der Waals surface area (Å²) in [6.45, 7) is 1.96. The normalized spacial score (nSPS) is 12.4. The van der Waals surface area contributed by atoms with Gasteiger partial charge in [-0.3, -0.25) is 0 Å². The van der Waals surface area contributed by atoms with Crippen LogP contribution >= 0.6 is 23.4 Å². The van der Waals surface area contributed by atoms with Crippen molar-refractivity contribution in [3.8, 4) is 0 Å². The smallest absolute Gasteiger partial charge is 0.105 e. The second-order valence-electron chi connectivity index (χ2n) is 3.75. The van der Waals surface area contributed by atoms with Gasteiger partial charge in [-0.15, -0.1) is 0 Å². The van der Waals surface area contributed by atoms with Crippen LogP contribution in [0.1, 0.15) is 18.5 Å². The fourth-order valence-corrected chi connectivity index (χ4v) is 2.77. The Labute approximate surface area is 110 Å². The summed E-state index contributed by atoms with van der Waals surface area (Å²) in [4.78, 5) is 5.43. The molecule has 88 valence electrons. The molecule has 0 fully saturated rings. The molecule has 0 aliphatic carbocycles. The van der Waals surface area contributed by atoms with E-state index in [1.165, 1.54) is 0 Å². The zero-order valence-electron chi connectivity index (χ0n) is 9.43. The van der Waals surface area contributed by atoms with Crippen molar-refractivity contribution in [1.82, 2.24) is 4.98 Å². The first-order valence-corrected chi connectivity index (χ1v) is 6.50. The summed E-state index contributed by atoms with van der Waals surface area (Å²) in [5, 5.41) is 1.66. The molecule has 2 aromatic rings. The fraction of sp³-hybridized carbons (Fsp3) is 0.154. The lowest BCUT2D eigenvalue weighted by Crippen LogP contribution is -2.07. The average Bonchev–Trinajstić information content (AvgIpc) is 2.29. The van der Waals surface area contributed by atoms with Crippen molar-refractivity contribution >= 4 is 23.4 Å². The fourth-order valence-electron chi connectivity index (χ4n) is 1.48. The molecule has 0 saturated carbocycles. The van der Waals surface area contributed by atoms with E-state index in [-0.39, 0.29) is 6.04 Å². The molecule has 0 aliphatic rings. The van der Waals surface area contributed by atoms with Crippen molar-refractivity contribution < 1.29 is 0 Å². The summed E-state index contributed by atoms with van der Waals surface area (Å²) >= 11 is 7.54. The van der Waals surface area contributed by atoms with Crippen molar-refractivity contribution in [2.75, 3.05) is 0 Å². The van der Waals surface area contributed by atoms with E-state index >= 15 is 0 Å². The molecule has 0 spiro atoms. The van der Waals surface area contributed by atoms with E-state index < -0.39 is 0 Å². The zero-order valence-corrected chi connectivity index (χ0v) is 11.0. The number of hydrogen-bond donors (Lipinski definition) is 1. The van der Waals surface area contributed by atoms with Gasteiger partial charge in [0.05, 0.1) is 0 Å². The quantitative estimate of drug-likeness (QED) is 0.914. The van der Waals surface area contributed by atoms with E-state index in [2.05, 4.69) is 4.98 Å². The van der Waals surface area contributed by atoms with Gasteiger partial charge >= 0.3 is 0 Å². The predicted octanol–water partition coefficient (Wildman–Crippen LogP) is 3.91. The number of nitrogens with two attached hydrogens (primary N) is 1. The number of benzene rings is 1. The van der Waals surface area contributed by atoms with E-state index in [0.29, 0.717) is 0 Å². The van der Waals surface area contributed by atoms with Crippen molar-refractivity contribution in [1.29, 1.82) is 0 Å². The minimum Gasteiger partial charge on any atom is -0.324 e. The summed E-state index contributed by atoms with van der Waals surface area (Å²) in [5.74, 6) is 0. The standard InChI is InChI=1S/C13H13ClN2S/c1-9(15)12-6-3-7-16-13(12)17-11-5-2-4-10(14)8-11/h2-9H,15H2,1H3. The van der Waals surface area contributed by atoms with Gasteiger partial charge in [0.25, 0.3) is 0 Å². The van der Waals surface area contributed by atoms with Gasteiger partial charge in [0.15, 0.2) is 0 Å². The number of rotatable bonds is 3. The Hall–Kier alpha value is -1.03. The molecule has 0 amide bonds. The van der Waals surface area contributed by atoms with Crippen LogP contribution in [0.15, 0.2) is 52.5 Å². The van der Waals surface area contributed by atoms with E-state index in [1.807, 2.05) is 43.3 Å². The number of pyridine rings is 1. The highest BCUT2D eigenvalue weighted by atomic mass is 35.5. The van der Waals surface area contributed by atoms with Gasteiger partial charge in [-0.25, -0.2) is 4.98 Å². The van der Waals surface area contributed by atoms with Crippen LogP contribution in [0.3, 0.4) is 0 Å². The van der Waals surface area contributed by atoms with Crippen LogP contribution in [0.25, 0.3) is 0 Å². The van der Waals surface area contributed by atoms with Crippen LogP contribution in [-0.4, -0.2) is 4.98 Å². The molecule has 2 N–H and O–H groups in total. The van der Waals surface area contributed by atoms with E-state index in [9.17, 15) is 0 Å². The second kappa shape index (κ2) is 5.54. The molecule has 1 heterocycles. The monoisotopic (exact) mass is 264 g/mol. The first kappa shape index (κ1) is 12.4. The lowest BCUT2D eigenvalue weighted by Gasteiger charge is -2.10. The van der Waals surface area contributed by atoms with Crippen molar-refractivity contribution in [2.45, 2.75) is 22.9 Å². The van der Waals surface area contributed by atoms with Gasteiger partial charge < -0.3 is 5.73 Å². The van der Waals surface area contributed by atoms with Gasteiger partial charge in [0.2, 0.25) is 0 Å². The van der Waals surface area contributed by atoms with Crippen molar-refractivity contribution in [3.63, 3.8) is 0 Å². The molecule has 1 atom stereocenters. The minimum atomic E-state index is -0.0228. The zero-order chi connectivity index (χ0) is 12.3. The molecule has 2 nitrogen and oxygen atoms in total. The van der Waals surface area contributed by atoms with Crippen LogP contribution in [0.5, 0.6) is 0 Å². The maximum Gasteiger partial charge on any atom is 0.105 e. The minimum absolute atomic E-state index is 0.0228. The number of halogens is 1. The summed E-state index contributed by atoms with van der Waals surface area (Å²) in [7, 11) is 0. The Bertz CT molecular complexity index is 514. The van der Waals surface area contributed by atoms with Crippen LogP contribution in [0.4, 0.5) is 0 Å². The Balaban J connectivity index is 2.30. The highest BCUT2D eigenvalue weighted by Crippen LogP contribution is 2.31. The number of aromatic nitrogens is 1. The predicted molar refractivity (Wildman–Crippen MR) is 72.4 cm³/mol. The molecule has 0 saturated heterocycles. The van der Waals surface area contributed by atoms with E-state index in [4.69, 9.17) is 17.3 Å². The summed E-state index contributed by atoms with van der Waals surface area (Å²) in [6, 6.07) is 11.6. The lowest BCUT2D eigenvalue weighted by molar-refractivity contribution is 0.779. The first-order valence-electron chi connectivity index (χ1n) is 5.31. The molecule has 2 rings (SSSR count). The highest BCUT2D eigenvalue weighted by Gasteiger charge is 2.09. The maximum absolute atomic E-state index is 5.95. The highest BCUT2D eigenvalue weighted by molar-refractivity contribution is 7.99. The van der Waals surface area contributed by atoms with Crippen LogP contribution in [-0.2, 0) is 0 Å². The van der Waals surface area contributed by atoms with Gasteiger partial charge in [0.1, 0.15) is 5.03 Å². The number of hydrogen-bond acceptors (Lipinski definition) is 3. The molecular weight excluding hydrogens is 252 g/mol. The molecule has 4 heteroatoms. The Morgan fingerprint density at radius 3 is 2.82 bits per heavy atom. The molecule has 1 unspecified atom stereocenters. The molecular formula is C13H13ClN2S. The van der Waals surface area contributed by atoms with Gasteiger partial charge in [0, 0.05) is 27.7 Å². The third kappa shape index (κ3) is 3.22. The van der Waals surface area contributed by atoms with Crippen LogP contribution in [0.2, 0.25) is 5.02 Å². The Morgan fingerprint density at radius 2 is 2.12 bits per heavy atom. The molecule has 0 radical (unpaired) electrons. The third-order valence-electron chi connectivity index (χ3n) is 2.30. The van der Waals surface area contributed by atoms with Gasteiger partial charge in [-0.1, -0.05) is 35.5 Å². The van der Waals surface area contributed by atoms with Crippen molar-refractivity contribution in [2.24, 2.45) is 5.73 Å².